The van der Waals surface area contributed by atoms with Gasteiger partial charge in [0.2, 0.25) is 5.91 Å². The summed E-state index contributed by atoms with van der Waals surface area (Å²) in [5.74, 6) is -0.668. The predicted molar refractivity (Wildman–Crippen MR) is 124 cm³/mol. The number of carbonyl (C=O) groups is 2. The Labute approximate surface area is 188 Å². The molecule has 4 rings (SSSR count). The third kappa shape index (κ3) is 4.67. The number of hydrogen-bond acceptors (Lipinski definition) is 3. The lowest BCUT2D eigenvalue weighted by Gasteiger charge is -2.31. The predicted octanol–water partition coefficient (Wildman–Crippen LogP) is 3.72. The van der Waals surface area contributed by atoms with E-state index in [0.29, 0.717) is 18.5 Å². The summed E-state index contributed by atoms with van der Waals surface area (Å²) in [7, 11) is 1.88. The molecule has 2 amide bonds. The summed E-state index contributed by atoms with van der Waals surface area (Å²) in [6.45, 7) is 0. The monoisotopic (exact) mass is 428 g/mol. The summed E-state index contributed by atoms with van der Waals surface area (Å²) in [6.07, 6.45) is 3.83. The van der Waals surface area contributed by atoms with Gasteiger partial charge in [-0.3, -0.25) is 9.59 Å². The van der Waals surface area contributed by atoms with Crippen molar-refractivity contribution in [3.05, 3.63) is 71.9 Å². The van der Waals surface area contributed by atoms with Crippen LogP contribution in [0.5, 0.6) is 0 Å². The van der Waals surface area contributed by atoms with E-state index < -0.39 is 6.04 Å². The van der Waals surface area contributed by atoms with E-state index in [2.05, 4.69) is 16.7 Å². The number of fused-ring (bicyclic) bond motifs is 1. The van der Waals surface area contributed by atoms with Crippen molar-refractivity contribution in [3.8, 4) is 6.07 Å². The van der Waals surface area contributed by atoms with Crippen LogP contribution >= 0.6 is 0 Å². The van der Waals surface area contributed by atoms with Gasteiger partial charge in [-0.05, 0) is 30.5 Å². The maximum absolute atomic E-state index is 13.1. The Morgan fingerprint density at radius 3 is 2.56 bits per heavy atom. The van der Waals surface area contributed by atoms with Gasteiger partial charge in [0.05, 0.1) is 12.0 Å². The van der Waals surface area contributed by atoms with Crippen LogP contribution in [0, 0.1) is 17.2 Å². The van der Waals surface area contributed by atoms with Gasteiger partial charge in [-0.25, -0.2) is 0 Å². The van der Waals surface area contributed by atoms with Gasteiger partial charge in [-0.1, -0.05) is 61.4 Å². The highest BCUT2D eigenvalue weighted by Crippen LogP contribution is 2.26. The molecule has 32 heavy (non-hydrogen) atoms. The molecule has 0 radical (unpaired) electrons. The number of rotatable bonds is 6. The standard InChI is InChI=1S/C26H28N4O2/c1-30-23-14-8-5-11-19(23)16-24(30)26(32)29-22-13-7-6-12-21(22)25(31)28-20(17-27)15-18-9-3-2-4-10-18/h2-5,8-11,14,16,20-22H,6-7,12-13,15H2,1H3,(H,28,31)(H,29,32)/t20-,21+,22?/m0/s1. The van der Waals surface area contributed by atoms with E-state index >= 15 is 0 Å². The molecule has 6 nitrogen and oxygen atoms in total. The van der Waals surface area contributed by atoms with Crippen LogP contribution in [0.4, 0.5) is 0 Å². The molecule has 1 aliphatic carbocycles. The smallest absolute Gasteiger partial charge is 0.268 e. The molecule has 1 fully saturated rings. The van der Waals surface area contributed by atoms with Crippen LogP contribution in [0.2, 0.25) is 0 Å². The molecule has 164 valence electrons. The summed E-state index contributed by atoms with van der Waals surface area (Å²) in [6, 6.07) is 20.8. The molecule has 1 aromatic heterocycles. The molecule has 1 heterocycles. The maximum Gasteiger partial charge on any atom is 0.268 e. The molecule has 0 bridgehead atoms. The topological polar surface area (TPSA) is 86.9 Å². The third-order valence-corrected chi connectivity index (χ3v) is 6.36. The minimum Gasteiger partial charge on any atom is -0.347 e. The largest absolute Gasteiger partial charge is 0.347 e. The number of benzene rings is 2. The van der Waals surface area contributed by atoms with Crippen LogP contribution in [-0.4, -0.2) is 28.5 Å². The highest BCUT2D eigenvalue weighted by atomic mass is 16.2. The summed E-state index contributed by atoms with van der Waals surface area (Å²) in [5, 5.41) is 16.6. The molecule has 1 unspecified atom stereocenters. The van der Waals surface area contributed by atoms with Crippen molar-refractivity contribution in [2.24, 2.45) is 13.0 Å². The Hall–Kier alpha value is -3.59. The molecule has 3 atom stereocenters. The second-order valence-corrected chi connectivity index (χ2v) is 8.50. The summed E-state index contributed by atoms with van der Waals surface area (Å²) in [5.41, 5.74) is 2.58. The fourth-order valence-corrected chi connectivity index (χ4v) is 4.62. The average molecular weight is 429 g/mol. The fraction of sp³-hybridized carbons (Fsp3) is 0.346. The number of carbonyl (C=O) groups excluding carboxylic acids is 2. The number of nitrogens with zero attached hydrogens (tertiary/aromatic N) is 2. The summed E-state index contributed by atoms with van der Waals surface area (Å²) < 4.78 is 1.88. The van der Waals surface area contributed by atoms with E-state index in [9.17, 15) is 14.9 Å². The molecule has 0 saturated heterocycles. The van der Waals surface area contributed by atoms with Crippen LogP contribution in [0.3, 0.4) is 0 Å². The van der Waals surface area contributed by atoms with Crippen molar-refractivity contribution in [1.82, 2.24) is 15.2 Å². The van der Waals surface area contributed by atoms with Gasteiger partial charge in [0.1, 0.15) is 11.7 Å². The molecule has 1 saturated carbocycles. The van der Waals surface area contributed by atoms with E-state index in [0.717, 1.165) is 35.7 Å². The summed E-state index contributed by atoms with van der Waals surface area (Å²) >= 11 is 0. The van der Waals surface area contributed by atoms with Gasteiger partial charge in [0.15, 0.2) is 0 Å². The third-order valence-electron chi connectivity index (χ3n) is 6.36. The highest BCUT2D eigenvalue weighted by molar-refractivity contribution is 5.99. The van der Waals surface area contributed by atoms with Crippen molar-refractivity contribution in [2.45, 2.75) is 44.2 Å². The Morgan fingerprint density at radius 1 is 1.09 bits per heavy atom. The number of para-hydroxylation sites is 1. The number of nitrogens with one attached hydrogen (secondary N) is 2. The van der Waals surface area contributed by atoms with Gasteiger partial charge < -0.3 is 15.2 Å². The second-order valence-electron chi connectivity index (χ2n) is 8.50. The molecule has 3 aromatic rings. The minimum atomic E-state index is -0.596. The van der Waals surface area contributed by atoms with E-state index in [4.69, 9.17) is 0 Å². The molecule has 2 N–H and O–H groups in total. The van der Waals surface area contributed by atoms with Gasteiger partial charge in [-0.2, -0.15) is 5.26 Å². The first-order valence-corrected chi connectivity index (χ1v) is 11.2. The van der Waals surface area contributed by atoms with Gasteiger partial charge >= 0.3 is 0 Å². The molecular weight excluding hydrogens is 400 g/mol. The van der Waals surface area contributed by atoms with E-state index in [1.54, 1.807) is 0 Å². The Balaban J connectivity index is 1.44. The Bertz CT molecular complexity index is 1150. The van der Waals surface area contributed by atoms with Gasteiger partial charge in [-0.15, -0.1) is 0 Å². The number of aryl methyl sites for hydroxylation is 1. The number of amides is 2. The highest BCUT2D eigenvalue weighted by Gasteiger charge is 2.33. The van der Waals surface area contributed by atoms with Crippen LogP contribution in [0.25, 0.3) is 10.9 Å². The zero-order valence-electron chi connectivity index (χ0n) is 18.3. The van der Waals surface area contributed by atoms with Gasteiger partial charge in [0, 0.05) is 30.4 Å². The van der Waals surface area contributed by atoms with Crippen molar-refractivity contribution in [3.63, 3.8) is 0 Å². The van der Waals surface area contributed by atoms with Crippen molar-refractivity contribution in [2.75, 3.05) is 0 Å². The molecule has 0 spiro atoms. The molecule has 0 aliphatic heterocycles. The number of nitriles is 1. The quantitative estimate of drug-likeness (QED) is 0.627. The first kappa shape index (κ1) is 21.6. The summed E-state index contributed by atoms with van der Waals surface area (Å²) in [4.78, 5) is 26.2. The zero-order valence-corrected chi connectivity index (χ0v) is 18.3. The zero-order chi connectivity index (χ0) is 22.5. The first-order chi connectivity index (χ1) is 15.6. The fourth-order valence-electron chi connectivity index (χ4n) is 4.62. The van der Waals surface area contributed by atoms with E-state index in [-0.39, 0.29) is 23.8 Å². The van der Waals surface area contributed by atoms with Crippen molar-refractivity contribution < 1.29 is 9.59 Å². The molecule has 6 heteroatoms. The first-order valence-electron chi connectivity index (χ1n) is 11.2. The lowest BCUT2D eigenvalue weighted by molar-refractivity contribution is -0.127. The normalized spacial score (nSPS) is 19.1. The number of hydrogen-bond donors (Lipinski definition) is 2. The second kappa shape index (κ2) is 9.69. The lowest BCUT2D eigenvalue weighted by Crippen LogP contribution is -2.50. The van der Waals surface area contributed by atoms with Crippen LogP contribution in [-0.2, 0) is 18.3 Å². The van der Waals surface area contributed by atoms with Crippen LogP contribution < -0.4 is 10.6 Å². The number of aromatic nitrogens is 1. The van der Waals surface area contributed by atoms with Crippen molar-refractivity contribution >= 4 is 22.7 Å². The minimum absolute atomic E-state index is 0.158. The van der Waals surface area contributed by atoms with Crippen molar-refractivity contribution in [1.29, 1.82) is 5.26 Å². The van der Waals surface area contributed by atoms with E-state index in [1.807, 2.05) is 72.3 Å². The Morgan fingerprint density at radius 2 is 1.81 bits per heavy atom. The molecule has 1 aliphatic rings. The maximum atomic E-state index is 13.1. The van der Waals surface area contributed by atoms with Crippen LogP contribution in [0.1, 0.15) is 41.7 Å². The van der Waals surface area contributed by atoms with E-state index in [1.165, 1.54) is 0 Å². The van der Waals surface area contributed by atoms with Crippen LogP contribution in [0.15, 0.2) is 60.7 Å². The lowest BCUT2D eigenvalue weighted by atomic mass is 9.83. The van der Waals surface area contributed by atoms with Gasteiger partial charge in [0.25, 0.3) is 5.91 Å². The molecule has 2 aromatic carbocycles. The SMILES string of the molecule is Cn1c(C(=O)NC2CCCC[C@H]2C(=O)N[C@H](C#N)Cc2ccccc2)cc2ccccc21. The average Bonchev–Trinajstić information content (AvgIpc) is 3.16. The Kier molecular flexibility index (Phi) is 6.55. The molecular formula is C26H28N4O2.